The van der Waals surface area contributed by atoms with Crippen molar-refractivity contribution in [3.63, 3.8) is 0 Å². The van der Waals surface area contributed by atoms with Gasteiger partial charge in [-0.05, 0) is 0 Å². The van der Waals surface area contributed by atoms with Crippen LogP contribution in [-0.4, -0.2) is 20.6 Å². The van der Waals surface area contributed by atoms with E-state index in [2.05, 4.69) is 0 Å². The zero-order valence-corrected chi connectivity index (χ0v) is 8.63. The minimum atomic E-state index is -3.95. The van der Waals surface area contributed by atoms with Gasteiger partial charge in [0, 0.05) is 0 Å². The van der Waals surface area contributed by atoms with E-state index in [1.807, 2.05) is 0 Å². The van der Waals surface area contributed by atoms with Crippen molar-refractivity contribution in [2.75, 3.05) is 0 Å². The molecule has 0 aromatic rings. The van der Waals surface area contributed by atoms with Gasteiger partial charge in [-0.3, -0.25) is 0 Å². The first-order valence-electron chi connectivity index (χ1n) is 4.47. The summed E-state index contributed by atoms with van der Waals surface area (Å²) in [5.41, 5.74) is 0. The van der Waals surface area contributed by atoms with Crippen LogP contribution in [0.2, 0.25) is 0 Å². The normalized spacial score (nSPS) is 20.8. The molecule has 0 saturated carbocycles. The van der Waals surface area contributed by atoms with Crippen molar-refractivity contribution in [3.8, 4) is 0 Å². The first-order chi connectivity index (χ1) is 7.16. The van der Waals surface area contributed by atoms with E-state index >= 15 is 0 Å². The van der Waals surface area contributed by atoms with E-state index in [-0.39, 0.29) is 0 Å². The zero-order chi connectivity index (χ0) is 10.7. The van der Waals surface area contributed by atoms with Crippen LogP contribution in [0.5, 0.6) is 0 Å². The summed E-state index contributed by atoms with van der Waals surface area (Å²) in [7, 11) is -3.95. The summed E-state index contributed by atoms with van der Waals surface area (Å²) < 4.78 is 32.3. The average molecular weight is 226 g/mol. The molecule has 80 valence electrons. The second-order valence-electron chi connectivity index (χ2n) is 3.07. The van der Waals surface area contributed by atoms with Crippen LogP contribution in [0.15, 0.2) is 48.6 Å². The summed E-state index contributed by atoms with van der Waals surface area (Å²) >= 11 is 0. The Bertz CT molecular complexity index is 382. The summed E-state index contributed by atoms with van der Waals surface area (Å²) in [6, 6.07) is 0. The maximum absolute atomic E-state index is 11.4. The lowest BCUT2D eigenvalue weighted by Crippen LogP contribution is -2.20. The Labute approximate surface area is 88.5 Å². The Morgan fingerprint density at radius 1 is 0.733 bits per heavy atom. The predicted octanol–water partition coefficient (Wildman–Crippen LogP) is 1.25. The fourth-order valence-electron chi connectivity index (χ4n) is 1.25. The van der Waals surface area contributed by atoms with E-state index in [0.717, 1.165) is 0 Å². The van der Waals surface area contributed by atoms with Gasteiger partial charge in [0.05, 0.1) is 0 Å². The van der Waals surface area contributed by atoms with Gasteiger partial charge in [-0.25, -0.2) is 8.37 Å². The first-order valence-corrected chi connectivity index (χ1v) is 5.80. The van der Waals surface area contributed by atoms with Crippen LogP contribution in [0, 0.1) is 0 Å². The van der Waals surface area contributed by atoms with E-state index in [1.165, 1.54) is 0 Å². The van der Waals surface area contributed by atoms with E-state index in [0.29, 0.717) is 0 Å². The summed E-state index contributed by atoms with van der Waals surface area (Å²) in [5.74, 6) is 0. The summed E-state index contributed by atoms with van der Waals surface area (Å²) in [4.78, 5) is 0. The number of rotatable bonds is 4. The van der Waals surface area contributed by atoms with Crippen molar-refractivity contribution in [2.45, 2.75) is 12.2 Å². The lowest BCUT2D eigenvalue weighted by Gasteiger charge is -2.10. The highest BCUT2D eigenvalue weighted by molar-refractivity contribution is 7.81. The third-order valence-corrected chi connectivity index (χ3v) is 2.80. The molecule has 0 bridgehead atoms. The SMILES string of the molecule is O=S(=O)(OC1C=CC=C1)OC1C=CC=C1. The summed E-state index contributed by atoms with van der Waals surface area (Å²) in [6.45, 7) is 0. The summed E-state index contributed by atoms with van der Waals surface area (Å²) in [6.07, 6.45) is 12.3. The van der Waals surface area contributed by atoms with Gasteiger partial charge in [0.2, 0.25) is 0 Å². The van der Waals surface area contributed by atoms with Gasteiger partial charge < -0.3 is 0 Å². The highest BCUT2D eigenvalue weighted by atomic mass is 32.3. The van der Waals surface area contributed by atoms with Crippen molar-refractivity contribution in [3.05, 3.63) is 48.6 Å². The third-order valence-electron chi connectivity index (χ3n) is 1.88. The van der Waals surface area contributed by atoms with E-state index in [4.69, 9.17) is 8.37 Å². The molecule has 0 fully saturated rings. The largest absolute Gasteiger partial charge is 0.401 e. The molecule has 0 atom stereocenters. The molecule has 0 N–H and O–H groups in total. The van der Waals surface area contributed by atoms with Crippen molar-refractivity contribution >= 4 is 10.4 Å². The van der Waals surface area contributed by atoms with Crippen LogP contribution in [-0.2, 0) is 18.8 Å². The second kappa shape index (κ2) is 4.14. The van der Waals surface area contributed by atoms with Crippen LogP contribution in [0.3, 0.4) is 0 Å². The fourth-order valence-corrected chi connectivity index (χ4v) is 2.09. The monoisotopic (exact) mass is 226 g/mol. The van der Waals surface area contributed by atoms with Gasteiger partial charge in [-0.1, -0.05) is 48.6 Å². The smallest absolute Gasteiger partial charge is 0.236 e. The quantitative estimate of drug-likeness (QED) is 0.724. The van der Waals surface area contributed by atoms with Crippen molar-refractivity contribution in [1.29, 1.82) is 0 Å². The molecule has 15 heavy (non-hydrogen) atoms. The van der Waals surface area contributed by atoms with Gasteiger partial charge in [0.25, 0.3) is 0 Å². The Morgan fingerprint density at radius 2 is 1.07 bits per heavy atom. The molecule has 5 heteroatoms. The number of hydrogen-bond donors (Lipinski definition) is 0. The third kappa shape index (κ3) is 2.89. The van der Waals surface area contributed by atoms with Gasteiger partial charge in [-0.15, -0.1) is 0 Å². The molecular formula is C10H10O4S. The van der Waals surface area contributed by atoms with Crippen LogP contribution in [0.1, 0.15) is 0 Å². The molecule has 4 nitrogen and oxygen atoms in total. The topological polar surface area (TPSA) is 52.6 Å². The second-order valence-corrected chi connectivity index (χ2v) is 4.27. The fraction of sp³-hybridized carbons (Fsp3) is 0.200. The van der Waals surface area contributed by atoms with E-state index < -0.39 is 22.6 Å². The zero-order valence-electron chi connectivity index (χ0n) is 7.81. The lowest BCUT2D eigenvalue weighted by molar-refractivity contribution is 0.197. The Morgan fingerprint density at radius 3 is 1.40 bits per heavy atom. The molecular weight excluding hydrogens is 216 g/mol. The van der Waals surface area contributed by atoms with E-state index in [9.17, 15) is 8.42 Å². The molecule has 2 rings (SSSR count). The van der Waals surface area contributed by atoms with Gasteiger partial charge in [0.1, 0.15) is 12.2 Å². The molecule has 0 saturated heterocycles. The van der Waals surface area contributed by atoms with Crippen molar-refractivity contribution in [1.82, 2.24) is 0 Å². The van der Waals surface area contributed by atoms with Crippen LogP contribution >= 0.6 is 0 Å². The summed E-state index contributed by atoms with van der Waals surface area (Å²) in [5, 5.41) is 0. The first kappa shape index (κ1) is 10.4. The van der Waals surface area contributed by atoms with Crippen molar-refractivity contribution in [2.24, 2.45) is 0 Å². The van der Waals surface area contributed by atoms with Gasteiger partial charge in [-0.2, -0.15) is 8.42 Å². The minimum absolute atomic E-state index is 0.552. The average Bonchev–Trinajstić information content (AvgIpc) is 2.75. The van der Waals surface area contributed by atoms with Crippen LogP contribution in [0.25, 0.3) is 0 Å². The number of hydrogen-bond acceptors (Lipinski definition) is 4. The highest BCUT2D eigenvalue weighted by Crippen LogP contribution is 2.14. The molecule has 0 aromatic heterocycles. The maximum atomic E-state index is 11.4. The molecule has 0 amide bonds. The number of allylic oxidation sites excluding steroid dienone is 4. The molecule has 2 aliphatic rings. The molecule has 0 unspecified atom stereocenters. The molecule has 0 spiro atoms. The minimum Gasteiger partial charge on any atom is -0.236 e. The molecule has 0 aromatic carbocycles. The van der Waals surface area contributed by atoms with Crippen LogP contribution < -0.4 is 0 Å². The Balaban J connectivity index is 1.94. The highest BCUT2D eigenvalue weighted by Gasteiger charge is 2.21. The van der Waals surface area contributed by atoms with E-state index in [1.54, 1.807) is 48.6 Å². The molecule has 2 aliphatic carbocycles. The Hall–Kier alpha value is -1.17. The van der Waals surface area contributed by atoms with Crippen LogP contribution in [0.4, 0.5) is 0 Å². The van der Waals surface area contributed by atoms with Gasteiger partial charge >= 0.3 is 10.4 Å². The van der Waals surface area contributed by atoms with Gasteiger partial charge in [0.15, 0.2) is 0 Å². The van der Waals surface area contributed by atoms with Crippen molar-refractivity contribution < 1.29 is 16.8 Å². The lowest BCUT2D eigenvalue weighted by atomic mass is 10.4. The standard InChI is InChI=1S/C10H10O4S/c11-15(12,13-9-5-1-2-6-9)14-10-7-3-4-8-10/h1-10H. The molecule has 0 radical (unpaired) electrons. The molecule has 0 aliphatic heterocycles. The maximum Gasteiger partial charge on any atom is 0.401 e. The predicted molar refractivity (Wildman–Crippen MR) is 55.2 cm³/mol. The Kier molecular flexibility index (Phi) is 2.86. The molecule has 0 heterocycles.